The lowest BCUT2D eigenvalue weighted by molar-refractivity contribution is -0.123. The van der Waals surface area contributed by atoms with Crippen molar-refractivity contribution in [2.45, 2.75) is 26.8 Å². The van der Waals surface area contributed by atoms with Gasteiger partial charge in [0.25, 0.3) is 0 Å². The Labute approximate surface area is 97.2 Å². The average molecular weight is 223 g/mol. The molecule has 90 valence electrons. The summed E-state index contributed by atoms with van der Waals surface area (Å²) in [4.78, 5) is 13.6. The zero-order valence-electron chi connectivity index (χ0n) is 10.4. The lowest BCUT2D eigenvalue weighted by Gasteiger charge is -2.27. The summed E-state index contributed by atoms with van der Waals surface area (Å²) in [7, 11) is 1.95. The standard InChI is InChI=1S/C12H21N3O/c1-8(2)12(16)14-11-7-10(9(3)13)5-6-15(11)4/h5,7-9H,6,13H2,1-4H3,(H,14,16). The van der Waals surface area contributed by atoms with Crippen molar-refractivity contribution in [1.29, 1.82) is 0 Å². The minimum atomic E-state index is -0.0149. The monoisotopic (exact) mass is 223 g/mol. The maximum Gasteiger partial charge on any atom is 0.228 e. The first-order valence-electron chi connectivity index (χ1n) is 5.61. The summed E-state index contributed by atoms with van der Waals surface area (Å²) in [6.07, 6.45) is 4.02. The van der Waals surface area contributed by atoms with Crippen molar-refractivity contribution in [3.63, 3.8) is 0 Å². The molecule has 1 amide bonds. The van der Waals surface area contributed by atoms with E-state index in [1.54, 1.807) is 0 Å². The van der Waals surface area contributed by atoms with Gasteiger partial charge in [0.2, 0.25) is 5.91 Å². The summed E-state index contributed by atoms with van der Waals surface area (Å²) in [6, 6.07) is -0.000322. The van der Waals surface area contributed by atoms with Gasteiger partial charge in [0.05, 0.1) is 0 Å². The van der Waals surface area contributed by atoms with Crippen molar-refractivity contribution < 1.29 is 4.79 Å². The number of carbonyl (C=O) groups is 1. The molecule has 1 aliphatic rings. The fourth-order valence-electron chi connectivity index (χ4n) is 1.39. The van der Waals surface area contributed by atoms with Gasteiger partial charge in [0.1, 0.15) is 5.82 Å². The molecule has 0 aromatic heterocycles. The molecule has 0 fully saturated rings. The van der Waals surface area contributed by atoms with Crippen LogP contribution in [0.4, 0.5) is 0 Å². The van der Waals surface area contributed by atoms with Crippen LogP contribution in [0.1, 0.15) is 20.8 Å². The minimum Gasteiger partial charge on any atom is -0.357 e. The third-order valence-corrected chi connectivity index (χ3v) is 2.62. The van der Waals surface area contributed by atoms with Crippen molar-refractivity contribution in [3.8, 4) is 0 Å². The van der Waals surface area contributed by atoms with Gasteiger partial charge in [0.15, 0.2) is 0 Å². The Morgan fingerprint density at radius 3 is 2.62 bits per heavy atom. The molecule has 16 heavy (non-hydrogen) atoms. The maximum absolute atomic E-state index is 11.6. The number of nitrogens with two attached hydrogens (primary N) is 1. The molecule has 1 unspecified atom stereocenters. The lowest BCUT2D eigenvalue weighted by Crippen LogP contribution is -2.37. The van der Waals surface area contributed by atoms with Gasteiger partial charge in [0, 0.05) is 25.6 Å². The molecule has 3 N–H and O–H groups in total. The van der Waals surface area contributed by atoms with Gasteiger partial charge in [-0.25, -0.2) is 0 Å². The van der Waals surface area contributed by atoms with Gasteiger partial charge >= 0.3 is 0 Å². The predicted octanol–water partition coefficient (Wildman–Crippen LogP) is 0.819. The molecule has 0 saturated carbocycles. The summed E-state index contributed by atoms with van der Waals surface area (Å²) in [5.41, 5.74) is 6.89. The van der Waals surface area contributed by atoms with E-state index in [0.717, 1.165) is 17.9 Å². The molecule has 0 bridgehead atoms. The van der Waals surface area contributed by atoms with E-state index in [4.69, 9.17) is 5.73 Å². The van der Waals surface area contributed by atoms with Crippen LogP contribution in [0, 0.1) is 5.92 Å². The van der Waals surface area contributed by atoms with Crippen LogP contribution >= 0.6 is 0 Å². The molecule has 1 atom stereocenters. The van der Waals surface area contributed by atoms with Gasteiger partial charge in [-0.15, -0.1) is 0 Å². The van der Waals surface area contributed by atoms with Crippen molar-refractivity contribution in [2.75, 3.05) is 13.6 Å². The van der Waals surface area contributed by atoms with Gasteiger partial charge in [-0.05, 0) is 18.6 Å². The second-order valence-corrected chi connectivity index (χ2v) is 4.55. The first-order chi connectivity index (χ1) is 7.41. The van der Waals surface area contributed by atoms with E-state index < -0.39 is 0 Å². The summed E-state index contributed by atoms with van der Waals surface area (Å²) in [6.45, 7) is 6.47. The minimum absolute atomic E-state index is 0.000322. The third kappa shape index (κ3) is 3.10. The highest BCUT2D eigenvalue weighted by molar-refractivity contribution is 5.79. The number of rotatable bonds is 3. The maximum atomic E-state index is 11.6. The summed E-state index contributed by atoms with van der Waals surface area (Å²) >= 11 is 0. The van der Waals surface area contributed by atoms with E-state index in [2.05, 4.69) is 11.4 Å². The van der Waals surface area contributed by atoms with Crippen molar-refractivity contribution in [2.24, 2.45) is 11.7 Å². The number of amides is 1. The normalized spacial score (nSPS) is 18.0. The number of nitrogens with zero attached hydrogens (tertiary/aromatic N) is 1. The highest BCUT2D eigenvalue weighted by atomic mass is 16.2. The number of carbonyl (C=O) groups excluding carboxylic acids is 1. The third-order valence-electron chi connectivity index (χ3n) is 2.62. The van der Waals surface area contributed by atoms with E-state index in [-0.39, 0.29) is 17.9 Å². The van der Waals surface area contributed by atoms with Crippen LogP contribution in [-0.2, 0) is 4.79 Å². The molecular weight excluding hydrogens is 202 g/mol. The van der Waals surface area contributed by atoms with Crippen LogP contribution in [-0.4, -0.2) is 30.4 Å². The molecule has 0 aliphatic carbocycles. The topological polar surface area (TPSA) is 58.4 Å². The van der Waals surface area contributed by atoms with Gasteiger partial charge in [-0.3, -0.25) is 4.79 Å². The first-order valence-corrected chi connectivity index (χ1v) is 5.61. The smallest absolute Gasteiger partial charge is 0.228 e. The Hall–Kier alpha value is -1.29. The SMILES string of the molecule is CC(C)C(=O)NC1=CC(C(C)N)=CCN1C. The average Bonchev–Trinajstić information content (AvgIpc) is 2.20. The second-order valence-electron chi connectivity index (χ2n) is 4.55. The summed E-state index contributed by atoms with van der Waals surface area (Å²) in [5, 5.41) is 2.90. The second kappa shape index (κ2) is 5.16. The van der Waals surface area contributed by atoms with Crippen LogP contribution < -0.4 is 11.1 Å². The zero-order chi connectivity index (χ0) is 12.3. The molecule has 1 aliphatic heterocycles. The molecule has 4 heteroatoms. The molecule has 1 rings (SSSR count). The first kappa shape index (κ1) is 12.8. The van der Waals surface area contributed by atoms with Crippen molar-refractivity contribution >= 4 is 5.91 Å². The fraction of sp³-hybridized carbons (Fsp3) is 0.583. The Balaban J connectivity index is 2.77. The van der Waals surface area contributed by atoms with Crippen molar-refractivity contribution in [3.05, 3.63) is 23.5 Å². The molecule has 0 spiro atoms. The molecule has 1 heterocycles. The van der Waals surface area contributed by atoms with E-state index >= 15 is 0 Å². The highest BCUT2D eigenvalue weighted by Gasteiger charge is 2.16. The quantitative estimate of drug-likeness (QED) is 0.744. The van der Waals surface area contributed by atoms with Crippen LogP contribution in [0.5, 0.6) is 0 Å². The van der Waals surface area contributed by atoms with E-state index in [0.29, 0.717) is 0 Å². The van der Waals surface area contributed by atoms with Crippen LogP contribution in [0.25, 0.3) is 0 Å². The van der Waals surface area contributed by atoms with Gasteiger partial charge in [-0.2, -0.15) is 0 Å². The Bertz CT molecular complexity index is 329. The number of hydrogen-bond acceptors (Lipinski definition) is 3. The summed E-state index contributed by atoms with van der Waals surface area (Å²) in [5.74, 6) is 0.844. The number of likely N-dealkylation sites (N-methyl/N-ethyl adjacent to an activating group) is 1. The van der Waals surface area contributed by atoms with Crippen LogP contribution in [0.2, 0.25) is 0 Å². The lowest BCUT2D eigenvalue weighted by atomic mass is 10.1. The molecular formula is C12H21N3O. The highest BCUT2D eigenvalue weighted by Crippen LogP contribution is 2.13. The Kier molecular flexibility index (Phi) is 4.12. The molecule has 0 radical (unpaired) electrons. The Morgan fingerprint density at radius 1 is 1.50 bits per heavy atom. The fourth-order valence-corrected chi connectivity index (χ4v) is 1.39. The summed E-state index contributed by atoms with van der Waals surface area (Å²) < 4.78 is 0. The van der Waals surface area contributed by atoms with E-state index in [1.165, 1.54) is 0 Å². The predicted molar refractivity (Wildman–Crippen MR) is 65.4 cm³/mol. The molecule has 0 aromatic rings. The van der Waals surface area contributed by atoms with Gasteiger partial charge in [-0.1, -0.05) is 19.9 Å². The number of hydrogen-bond donors (Lipinski definition) is 2. The van der Waals surface area contributed by atoms with E-state index in [9.17, 15) is 4.79 Å². The Morgan fingerprint density at radius 2 is 2.12 bits per heavy atom. The van der Waals surface area contributed by atoms with Crippen LogP contribution in [0.15, 0.2) is 23.5 Å². The largest absolute Gasteiger partial charge is 0.357 e. The van der Waals surface area contributed by atoms with Gasteiger partial charge < -0.3 is 16.0 Å². The molecule has 0 saturated heterocycles. The molecule has 4 nitrogen and oxygen atoms in total. The number of nitrogens with one attached hydrogen (secondary N) is 1. The van der Waals surface area contributed by atoms with Crippen molar-refractivity contribution in [1.82, 2.24) is 10.2 Å². The zero-order valence-corrected chi connectivity index (χ0v) is 10.4. The van der Waals surface area contributed by atoms with E-state index in [1.807, 2.05) is 38.8 Å². The van der Waals surface area contributed by atoms with Crippen LogP contribution in [0.3, 0.4) is 0 Å². The molecule has 0 aromatic carbocycles.